The van der Waals surface area contributed by atoms with E-state index in [0.717, 1.165) is 76.2 Å². The van der Waals surface area contributed by atoms with Gasteiger partial charge in [-0.1, -0.05) is 36.4 Å². The molecule has 2 amide bonds. The fourth-order valence-corrected chi connectivity index (χ4v) is 6.00. The van der Waals surface area contributed by atoms with E-state index in [1.807, 2.05) is 66.6 Å². The molecule has 0 radical (unpaired) electrons. The molecule has 0 saturated carbocycles. The maximum absolute atomic E-state index is 13.3. The van der Waals surface area contributed by atoms with Crippen molar-refractivity contribution in [1.82, 2.24) is 19.8 Å². The van der Waals surface area contributed by atoms with E-state index in [1.165, 1.54) is 0 Å². The van der Waals surface area contributed by atoms with Crippen LogP contribution in [0.5, 0.6) is 0 Å². The minimum Gasteiger partial charge on any atom is -0.358 e. The third-order valence-corrected chi connectivity index (χ3v) is 8.28. The number of fused-ring (bicyclic) bond motifs is 1. The molecule has 0 bridgehead atoms. The van der Waals surface area contributed by atoms with Crippen molar-refractivity contribution in [2.24, 2.45) is 0 Å². The van der Waals surface area contributed by atoms with Gasteiger partial charge >= 0.3 is 0 Å². The number of nitrogens with zero attached hydrogens (tertiary/aromatic N) is 3. The molecule has 1 saturated heterocycles. The molecule has 0 aliphatic carbocycles. The van der Waals surface area contributed by atoms with Gasteiger partial charge in [0.25, 0.3) is 11.8 Å². The summed E-state index contributed by atoms with van der Waals surface area (Å²) in [6.45, 7) is 7.05. The van der Waals surface area contributed by atoms with Crippen LogP contribution >= 0.6 is 11.3 Å². The zero-order valence-electron chi connectivity index (χ0n) is 21.7. The summed E-state index contributed by atoms with van der Waals surface area (Å²) in [7, 11) is 2.07. The van der Waals surface area contributed by atoms with Gasteiger partial charge in [-0.15, -0.1) is 11.3 Å². The first kappa shape index (κ1) is 24.3. The summed E-state index contributed by atoms with van der Waals surface area (Å²) in [6, 6.07) is 16.1. The first-order chi connectivity index (χ1) is 18.4. The lowest BCUT2D eigenvalue weighted by molar-refractivity contribution is -0.110. The largest absolute Gasteiger partial charge is 0.358 e. The number of piperazine rings is 1. The van der Waals surface area contributed by atoms with Gasteiger partial charge in [0.05, 0.1) is 16.8 Å². The highest BCUT2D eigenvalue weighted by atomic mass is 32.1. The van der Waals surface area contributed by atoms with Crippen molar-refractivity contribution in [2.45, 2.75) is 13.8 Å². The van der Waals surface area contributed by atoms with Crippen LogP contribution in [-0.4, -0.2) is 64.8 Å². The van der Waals surface area contributed by atoms with Gasteiger partial charge in [0.2, 0.25) is 0 Å². The van der Waals surface area contributed by atoms with Crippen LogP contribution in [0.25, 0.3) is 33.5 Å². The van der Waals surface area contributed by atoms with Crippen molar-refractivity contribution >= 4 is 40.5 Å². The highest BCUT2D eigenvalue weighted by Crippen LogP contribution is 2.38. The Hall–Kier alpha value is -4.01. The number of amides is 2. The summed E-state index contributed by atoms with van der Waals surface area (Å²) in [4.78, 5) is 38.7. The number of H-pyrrole nitrogens is 1. The van der Waals surface area contributed by atoms with E-state index in [0.29, 0.717) is 11.1 Å². The van der Waals surface area contributed by atoms with Gasteiger partial charge in [0, 0.05) is 65.3 Å². The van der Waals surface area contributed by atoms with Crippen LogP contribution in [0.15, 0.2) is 53.9 Å². The van der Waals surface area contributed by atoms with Gasteiger partial charge in [-0.05, 0) is 44.7 Å². The molecule has 0 unspecified atom stereocenters. The highest BCUT2D eigenvalue weighted by Gasteiger charge is 2.28. The monoisotopic (exact) mass is 523 g/mol. The van der Waals surface area contributed by atoms with Crippen molar-refractivity contribution in [1.29, 1.82) is 0 Å². The Morgan fingerprint density at radius 3 is 2.55 bits per heavy atom. The molecule has 38 heavy (non-hydrogen) atoms. The van der Waals surface area contributed by atoms with E-state index in [1.54, 1.807) is 11.3 Å². The summed E-state index contributed by atoms with van der Waals surface area (Å²) in [6.07, 6.45) is 1.87. The number of carbonyl (C=O) groups excluding carboxylic acids is 2. The number of likely N-dealkylation sites (N-methyl/N-ethyl adjacent to an activating group) is 1. The maximum Gasteiger partial charge on any atom is 0.256 e. The average Bonchev–Trinajstić information content (AvgIpc) is 3.61. The van der Waals surface area contributed by atoms with Gasteiger partial charge in [-0.25, -0.2) is 4.98 Å². The number of aromatic nitrogens is 2. The summed E-state index contributed by atoms with van der Waals surface area (Å²) in [5.74, 6) is -0.107. The molecule has 2 aliphatic heterocycles. The Bertz CT molecular complexity index is 1580. The summed E-state index contributed by atoms with van der Waals surface area (Å²) in [5.41, 5.74) is 8.26. The molecule has 2 aromatic carbocycles. The number of anilines is 1. The number of benzene rings is 2. The molecule has 192 valence electrons. The molecule has 2 aromatic heterocycles. The summed E-state index contributed by atoms with van der Waals surface area (Å²) >= 11 is 1.60. The van der Waals surface area contributed by atoms with Gasteiger partial charge in [0.15, 0.2) is 0 Å². The summed E-state index contributed by atoms with van der Waals surface area (Å²) in [5, 5.41) is 5.99. The molecule has 4 heterocycles. The topological polar surface area (TPSA) is 81.3 Å². The number of hydrogen-bond acceptors (Lipinski definition) is 5. The van der Waals surface area contributed by atoms with E-state index < -0.39 is 0 Å². The van der Waals surface area contributed by atoms with E-state index in [9.17, 15) is 9.59 Å². The number of aryl methyl sites for hydroxylation is 1. The zero-order chi connectivity index (χ0) is 26.4. The second-order valence-corrected chi connectivity index (χ2v) is 10.8. The fraction of sp³-hybridized carbons (Fsp3) is 0.233. The number of nitrogens with one attached hydrogen (secondary N) is 2. The second-order valence-electron chi connectivity index (χ2n) is 9.94. The SMILES string of the molecule is Cc1[nH]c(/C=C2\C(=O)Nc3ccc(-c4csc(-c5ccccc5)n4)cc32)c(C)c1C(=O)N1CCN(C)CC1. The predicted molar refractivity (Wildman–Crippen MR) is 153 cm³/mol. The van der Waals surface area contributed by atoms with E-state index in [2.05, 4.69) is 34.4 Å². The normalized spacial score (nSPS) is 16.7. The van der Waals surface area contributed by atoms with Crippen LogP contribution in [0, 0.1) is 13.8 Å². The number of thiazole rings is 1. The van der Waals surface area contributed by atoms with E-state index in [-0.39, 0.29) is 11.8 Å². The average molecular weight is 524 g/mol. The Balaban J connectivity index is 1.32. The standard InChI is InChI=1S/C30H29N5O2S/c1-18-25(31-19(2)27(18)30(37)35-13-11-34(3)12-14-35)16-23-22-15-21(9-10-24(22)32-28(23)36)26-17-38-29(33-26)20-7-5-4-6-8-20/h4-10,15-17,31H,11-14H2,1-3H3,(H,32,36)/b23-16-. The van der Waals surface area contributed by atoms with Crippen molar-refractivity contribution < 1.29 is 9.59 Å². The molecule has 2 aliphatic rings. The Kier molecular flexibility index (Phi) is 6.21. The van der Waals surface area contributed by atoms with Crippen LogP contribution in [0.2, 0.25) is 0 Å². The van der Waals surface area contributed by atoms with Gasteiger partial charge < -0.3 is 20.1 Å². The second kappa shape index (κ2) is 9.70. The molecule has 7 nitrogen and oxygen atoms in total. The first-order valence-electron chi connectivity index (χ1n) is 12.7. The van der Waals surface area contributed by atoms with Crippen LogP contribution < -0.4 is 5.32 Å². The third-order valence-electron chi connectivity index (χ3n) is 7.39. The molecular formula is C30H29N5O2S. The molecule has 8 heteroatoms. The Labute approximate surface area is 225 Å². The van der Waals surface area contributed by atoms with Crippen molar-refractivity contribution in [3.8, 4) is 21.8 Å². The minimum atomic E-state index is -0.154. The zero-order valence-corrected chi connectivity index (χ0v) is 22.5. The third kappa shape index (κ3) is 4.36. The van der Waals surface area contributed by atoms with E-state index >= 15 is 0 Å². The quantitative estimate of drug-likeness (QED) is 0.356. The molecular weight excluding hydrogens is 494 g/mol. The molecule has 0 atom stereocenters. The Morgan fingerprint density at radius 1 is 1.03 bits per heavy atom. The first-order valence-corrected chi connectivity index (χ1v) is 13.6. The molecule has 2 N–H and O–H groups in total. The number of rotatable bonds is 4. The molecule has 4 aromatic rings. The predicted octanol–water partition coefficient (Wildman–Crippen LogP) is 5.30. The van der Waals surface area contributed by atoms with Crippen LogP contribution in [0.4, 0.5) is 5.69 Å². The number of carbonyl (C=O) groups is 2. The van der Waals surface area contributed by atoms with Gasteiger partial charge in [0.1, 0.15) is 5.01 Å². The molecule has 1 fully saturated rings. The van der Waals surface area contributed by atoms with Crippen LogP contribution in [-0.2, 0) is 4.79 Å². The summed E-state index contributed by atoms with van der Waals surface area (Å²) < 4.78 is 0. The van der Waals surface area contributed by atoms with Gasteiger partial charge in [-0.2, -0.15) is 0 Å². The minimum absolute atomic E-state index is 0.0466. The lowest BCUT2D eigenvalue weighted by atomic mass is 10.0. The lowest BCUT2D eigenvalue weighted by Crippen LogP contribution is -2.47. The Morgan fingerprint density at radius 2 is 1.79 bits per heavy atom. The molecule has 6 rings (SSSR count). The van der Waals surface area contributed by atoms with Gasteiger partial charge in [-0.3, -0.25) is 9.59 Å². The van der Waals surface area contributed by atoms with Crippen molar-refractivity contribution in [3.63, 3.8) is 0 Å². The van der Waals surface area contributed by atoms with Crippen LogP contribution in [0.1, 0.15) is 32.9 Å². The fourth-order valence-electron chi connectivity index (χ4n) is 5.16. The highest BCUT2D eigenvalue weighted by molar-refractivity contribution is 7.13. The molecule has 0 spiro atoms. The number of hydrogen-bond donors (Lipinski definition) is 2. The maximum atomic E-state index is 13.3. The van der Waals surface area contributed by atoms with Crippen molar-refractivity contribution in [3.05, 3.63) is 82.0 Å². The number of aromatic amines is 1. The van der Waals surface area contributed by atoms with Crippen LogP contribution in [0.3, 0.4) is 0 Å². The van der Waals surface area contributed by atoms with E-state index in [4.69, 9.17) is 4.98 Å². The smallest absolute Gasteiger partial charge is 0.256 e. The van der Waals surface area contributed by atoms with Crippen molar-refractivity contribution in [2.75, 3.05) is 38.5 Å². The lowest BCUT2D eigenvalue weighted by Gasteiger charge is -2.32.